The Morgan fingerprint density at radius 2 is 0.833 bits per heavy atom. The third kappa shape index (κ3) is 1.96. The lowest BCUT2D eigenvalue weighted by molar-refractivity contribution is -0.836. The second-order valence-corrected chi connectivity index (χ2v) is 17.0. The van der Waals surface area contributed by atoms with E-state index in [1.165, 1.54) is 89.8 Å². The third-order valence-corrected chi connectivity index (χ3v) is 15.2. The molecular weight excluding hydrogens is 665 g/mol. The largest absolute Gasteiger partial charge is 0.553 e. The summed E-state index contributed by atoms with van der Waals surface area (Å²) in [5, 5.41) is 5.05. The van der Waals surface area contributed by atoms with Gasteiger partial charge in [0.05, 0.1) is 56.3 Å². The van der Waals surface area contributed by atoms with Crippen LogP contribution in [0.25, 0.3) is 36.5 Å². The fourth-order valence-electron chi connectivity index (χ4n) is 13.8. The van der Waals surface area contributed by atoms with Crippen LogP contribution in [0.4, 0.5) is 0 Å². The number of hydrogen-bond acceptors (Lipinski definition) is 0. The number of rotatable bonds is 0. The predicted molar refractivity (Wildman–Crippen MR) is 201 cm³/mol. The smallest absolute Gasteiger partial charge is 0.199 e. The van der Waals surface area contributed by atoms with Gasteiger partial charge in [0.15, 0.2) is 0 Å². The van der Waals surface area contributed by atoms with Crippen molar-refractivity contribution in [2.75, 3.05) is 0 Å². The van der Waals surface area contributed by atoms with Gasteiger partial charge in [0.25, 0.3) is 0 Å². The van der Waals surface area contributed by atoms with Gasteiger partial charge in [-0.15, -0.1) is 0 Å². The van der Waals surface area contributed by atoms with Gasteiger partial charge in [-0.25, -0.2) is 0 Å². The zero-order chi connectivity index (χ0) is 33.9. The predicted octanol–water partition coefficient (Wildman–Crippen LogP) is 1.82. The van der Waals surface area contributed by atoms with Crippen molar-refractivity contribution in [3.63, 3.8) is 0 Å². The lowest BCUT2D eigenvalue weighted by Crippen LogP contribution is -2.69. The molecule has 3 aliphatic carbocycles. The van der Waals surface area contributed by atoms with Crippen molar-refractivity contribution >= 4 is 59.3 Å². The van der Waals surface area contributed by atoms with Crippen molar-refractivity contribution in [3.8, 4) is 0 Å². The fourth-order valence-corrected chi connectivity index (χ4v) is 13.8. The maximum absolute atomic E-state index is 2.76. The summed E-state index contributed by atoms with van der Waals surface area (Å²) in [6.45, 7) is 0. The molecule has 8 nitrogen and oxygen atoms in total. The molecule has 54 heavy (non-hydrogen) atoms. The number of hydrogen-bond donors (Lipinski definition) is 0. The Bertz CT molecular complexity index is 3420. The zero-order valence-corrected chi connectivity index (χ0v) is 28.7. The zero-order valence-electron chi connectivity index (χ0n) is 28.7. The summed E-state index contributed by atoms with van der Waals surface area (Å²) >= 11 is 0. The number of aromatic nitrogens is 4. The lowest BCUT2D eigenvalue weighted by Gasteiger charge is -2.38. The molecule has 0 fully saturated rings. The Hall–Kier alpha value is -6.80. The first kappa shape index (κ1) is 24.4. The van der Waals surface area contributed by atoms with Crippen molar-refractivity contribution < 1.29 is 18.3 Å². The Labute approximate surface area is 305 Å². The molecule has 2 bridgehead atoms. The quantitative estimate of drug-likeness (QED) is 0.253. The molecule has 0 amide bonds. The van der Waals surface area contributed by atoms with E-state index < -0.39 is 11.8 Å². The first-order chi connectivity index (χ1) is 26.7. The highest BCUT2D eigenvalue weighted by Crippen LogP contribution is 2.62. The Balaban J connectivity index is 0.965. The van der Waals surface area contributed by atoms with Crippen molar-refractivity contribution in [1.29, 1.82) is 0 Å². The van der Waals surface area contributed by atoms with E-state index in [1.807, 2.05) is 0 Å². The Morgan fingerprint density at radius 1 is 0.407 bits per heavy atom. The van der Waals surface area contributed by atoms with E-state index in [9.17, 15) is 0 Å². The van der Waals surface area contributed by atoms with Gasteiger partial charge >= 0.3 is 11.8 Å². The molecule has 19 rings (SSSR count). The summed E-state index contributed by atoms with van der Waals surface area (Å²) in [4.78, 5) is 0. The van der Waals surface area contributed by atoms with Gasteiger partial charge in [-0.1, -0.05) is 18.3 Å². The number of fused-ring (bicyclic) bond motifs is 1. The van der Waals surface area contributed by atoms with E-state index in [0.717, 1.165) is 12.8 Å². The molecule has 2 unspecified atom stereocenters. The summed E-state index contributed by atoms with van der Waals surface area (Å²) in [6.07, 6.45) is 31.3. The molecule has 4 aromatic rings. The van der Waals surface area contributed by atoms with Gasteiger partial charge in [-0.3, -0.25) is 0 Å². The van der Waals surface area contributed by atoms with E-state index in [1.54, 1.807) is 22.3 Å². The standard InChI is InChI=1S/C46H26N8/c1-2-24-16-28-6-10-32-20-38-42-36-14-13-35(41(42)37-19-31-9-5-27-15-23(1)47(24)45(49(27)31,50(28)32)53(37)38)43-39-21-33-11-7-29-17-25-3-4-26-18-30-8-12-34-22-40(44(36)43)54(39)46(48(25)26,51(29)33)52(30)34/h1-12,15-22,35-36H,13-14H2/q+4. The van der Waals surface area contributed by atoms with E-state index in [2.05, 4.69) is 158 Å². The summed E-state index contributed by atoms with van der Waals surface area (Å²) in [7, 11) is 0. The molecule has 0 saturated carbocycles. The highest BCUT2D eigenvalue weighted by Gasteiger charge is 2.76. The Morgan fingerprint density at radius 3 is 1.31 bits per heavy atom. The minimum Gasteiger partial charge on any atom is -0.199 e. The molecule has 16 heterocycles. The van der Waals surface area contributed by atoms with Gasteiger partial charge in [-0.05, 0) is 73.5 Å². The van der Waals surface area contributed by atoms with Gasteiger partial charge in [0.1, 0.15) is 0 Å². The Kier molecular flexibility index (Phi) is 3.11. The number of allylic oxidation sites excluding steroid dienone is 10. The summed E-state index contributed by atoms with van der Waals surface area (Å²) in [6, 6.07) is 18.6. The van der Waals surface area contributed by atoms with Crippen LogP contribution in [-0.2, 0) is 11.8 Å². The lowest BCUT2D eigenvalue weighted by atomic mass is 9.62. The fraction of sp³-hybridized carbons (Fsp3) is 0.130. The van der Waals surface area contributed by atoms with Crippen molar-refractivity contribution in [1.82, 2.24) is 18.3 Å². The average Bonchev–Trinajstić information content (AvgIpc) is 4.05. The van der Waals surface area contributed by atoms with Gasteiger partial charge in [0, 0.05) is 82.7 Å². The van der Waals surface area contributed by atoms with Gasteiger partial charge < -0.3 is 0 Å². The van der Waals surface area contributed by atoms with Crippen LogP contribution in [0, 0.1) is 11.8 Å². The molecule has 0 aromatic carbocycles. The molecule has 8 heteroatoms. The summed E-state index contributed by atoms with van der Waals surface area (Å²) in [5.41, 5.74) is 21.9. The van der Waals surface area contributed by atoms with Crippen LogP contribution >= 0.6 is 0 Å². The number of nitrogens with zero attached hydrogens (tertiary/aromatic N) is 8. The molecule has 0 saturated heterocycles. The molecule has 4 aromatic heterocycles. The minimum absolute atomic E-state index is 0.297. The first-order valence-electron chi connectivity index (χ1n) is 19.4. The van der Waals surface area contributed by atoms with Crippen LogP contribution in [0.15, 0.2) is 130 Å². The maximum atomic E-state index is 2.76. The molecular formula is C46H26N8+4. The summed E-state index contributed by atoms with van der Waals surface area (Å²) in [5.74, 6) is -0.570. The highest BCUT2D eigenvalue weighted by molar-refractivity contribution is 6.20. The van der Waals surface area contributed by atoms with Crippen molar-refractivity contribution in [3.05, 3.63) is 174 Å². The molecule has 0 radical (unpaired) electrons. The molecule has 0 N–H and O–H groups in total. The minimum atomic E-state index is -0.582. The normalized spacial score (nSPS) is 31.4. The van der Waals surface area contributed by atoms with E-state index in [4.69, 9.17) is 0 Å². The third-order valence-electron chi connectivity index (χ3n) is 15.2. The SMILES string of the molecule is C1=CC2=[N+]3C1=CC1=[N+]4C(=Cc5ccc6n5C34n3c(ccc3=C6)=C2)C2=C1C1CCC2C2=C1C1=[N+]3C2=Cc2ccc4n2C32n3c(ccc3=C4)=CC3=[N+]2C(=C1)C=C3. The maximum Gasteiger partial charge on any atom is 0.553 e. The van der Waals surface area contributed by atoms with Gasteiger partial charge in [-0.2, -0.15) is 18.3 Å². The monoisotopic (exact) mass is 690 g/mol. The molecule has 2 atom stereocenters. The highest BCUT2D eigenvalue weighted by atomic mass is 15.6. The van der Waals surface area contributed by atoms with E-state index in [0.29, 0.717) is 11.8 Å². The van der Waals surface area contributed by atoms with Crippen LogP contribution in [0.3, 0.4) is 0 Å². The first-order valence-corrected chi connectivity index (χ1v) is 19.4. The van der Waals surface area contributed by atoms with Crippen LogP contribution in [0.5, 0.6) is 0 Å². The van der Waals surface area contributed by atoms with Crippen LogP contribution in [0.2, 0.25) is 0 Å². The second-order valence-electron chi connectivity index (χ2n) is 17.0. The molecule has 2 spiro atoms. The van der Waals surface area contributed by atoms with Crippen molar-refractivity contribution in [2.45, 2.75) is 24.7 Å². The van der Waals surface area contributed by atoms with E-state index in [-0.39, 0.29) is 0 Å². The molecule has 246 valence electrons. The topological polar surface area (TPSA) is 31.8 Å². The summed E-state index contributed by atoms with van der Waals surface area (Å²) < 4.78 is 21.2. The van der Waals surface area contributed by atoms with Crippen molar-refractivity contribution in [2.24, 2.45) is 11.8 Å². The molecule has 12 aliphatic heterocycles. The second kappa shape index (κ2) is 6.87. The molecule has 15 aliphatic rings. The van der Waals surface area contributed by atoms with Crippen LogP contribution < -0.4 is 21.4 Å². The average molecular weight is 691 g/mol. The van der Waals surface area contributed by atoms with E-state index >= 15 is 0 Å². The van der Waals surface area contributed by atoms with Crippen LogP contribution in [0.1, 0.15) is 35.6 Å². The van der Waals surface area contributed by atoms with Gasteiger partial charge in [0.2, 0.25) is 45.6 Å². The van der Waals surface area contributed by atoms with Crippen LogP contribution in [-0.4, -0.2) is 59.4 Å².